The van der Waals surface area contributed by atoms with Crippen LogP contribution in [0, 0.1) is 12.7 Å². The van der Waals surface area contributed by atoms with Crippen LogP contribution in [-0.4, -0.2) is 25.5 Å². The lowest BCUT2D eigenvalue weighted by atomic mass is 9.85. The fourth-order valence-electron chi connectivity index (χ4n) is 2.57. The molecule has 2 aromatic carbocycles. The van der Waals surface area contributed by atoms with Gasteiger partial charge in [-0.25, -0.2) is 9.18 Å². The molecule has 0 aliphatic carbocycles. The van der Waals surface area contributed by atoms with Crippen molar-refractivity contribution in [2.45, 2.75) is 33.3 Å². The van der Waals surface area contributed by atoms with Gasteiger partial charge in [0.15, 0.2) is 0 Å². The summed E-state index contributed by atoms with van der Waals surface area (Å²) in [4.78, 5) is 12.7. The van der Waals surface area contributed by atoms with E-state index in [0.717, 1.165) is 12.8 Å². The molecule has 0 amide bonds. The Hall–Kier alpha value is -2.34. The normalized spacial score (nSPS) is 10.6. The van der Waals surface area contributed by atoms with Crippen LogP contribution in [-0.2, 0) is 6.61 Å². The molecule has 25 heavy (non-hydrogen) atoms. The SMILES string of the molecule is Bc1c(CO)c(F)c(C)c(C(=O)Oc2ccccc2)c1OCCCC. The first-order valence-corrected chi connectivity index (χ1v) is 8.33. The Kier molecular flexibility index (Phi) is 6.59. The molecule has 0 aliphatic rings. The molecule has 132 valence electrons. The van der Waals surface area contributed by atoms with Crippen LogP contribution in [0.2, 0.25) is 0 Å². The molecule has 0 fully saturated rings. The summed E-state index contributed by atoms with van der Waals surface area (Å²) in [5.74, 6) is -0.641. The van der Waals surface area contributed by atoms with Gasteiger partial charge in [-0.3, -0.25) is 0 Å². The van der Waals surface area contributed by atoms with Gasteiger partial charge in [-0.05, 0) is 30.9 Å². The monoisotopic (exact) mass is 344 g/mol. The minimum Gasteiger partial charge on any atom is -0.493 e. The van der Waals surface area contributed by atoms with Gasteiger partial charge in [-0.15, -0.1) is 0 Å². The van der Waals surface area contributed by atoms with E-state index >= 15 is 0 Å². The quantitative estimate of drug-likeness (QED) is 0.362. The van der Waals surface area contributed by atoms with Crippen LogP contribution in [0.1, 0.15) is 41.3 Å². The highest BCUT2D eigenvalue weighted by atomic mass is 19.1. The standard InChI is InChI=1S/C19H22BFO4/c1-3-4-10-24-18-15(12(2)17(21)14(11-22)16(18)20)19(23)25-13-8-6-5-7-9-13/h5-9,22H,3-4,10-11,20H2,1-2H3. The fourth-order valence-corrected chi connectivity index (χ4v) is 2.57. The number of carbonyl (C=O) groups is 1. The molecule has 0 aliphatic heterocycles. The number of rotatable bonds is 7. The van der Waals surface area contributed by atoms with Crippen molar-refractivity contribution in [2.75, 3.05) is 6.61 Å². The van der Waals surface area contributed by atoms with Gasteiger partial charge in [0, 0.05) is 11.1 Å². The van der Waals surface area contributed by atoms with Crippen LogP contribution in [0.3, 0.4) is 0 Å². The molecule has 0 spiro atoms. The molecule has 1 N–H and O–H groups in total. The number of aliphatic hydroxyl groups excluding tert-OH is 1. The molecule has 0 aromatic heterocycles. The third-order valence-corrected chi connectivity index (χ3v) is 4.05. The number of ether oxygens (including phenoxy) is 2. The largest absolute Gasteiger partial charge is 0.493 e. The van der Waals surface area contributed by atoms with E-state index < -0.39 is 18.4 Å². The molecule has 0 radical (unpaired) electrons. The highest BCUT2D eigenvalue weighted by molar-refractivity contribution is 6.36. The van der Waals surface area contributed by atoms with Crippen molar-refractivity contribution >= 4 is 19.3 Å². The number of halogens is 1. The molecule has 0 saturated heterocycles. The van der Waals surface area contributed by atoms with Crippen LogP contribution < -0.4 is 14.9 Å². The van der Waals surface area contributed by atoms with Gasteiger partial charge in [-0.1, -0.05) is 31.5 Å². The number of hydrogen-bond acceptors (Lipinski definition) is 4. The molecular formula is C19H22BFO4. The third kappa shape index (κ3) is 4.20. The summed E-state index contributed by atoms with van der Waals surface area (Å²) in [6.45, 7) is 3.45. The van der Waals surface area contributed by atoms with Gasteiger partial charge < -0.3 is 14.6 Å². The Morgan fingerprint density at radius 3 is 2.56 bits per heavy atom. The Morgan fingerprint density at radius 1 is 1.28 bits per heavy atom. The molecule has 0 saturated carbocycles. The molecule has 0 bridgehead atoms. The van der Waals surface area contributed by atoms with E-state index in [2.05, 4.69) is 0 Å². The molecule has 0 atom stereocenters. The van der Waals surface area contributed by atoms with Crippen LogP contribution in [0.15, 0.2) is 30.3 Å². The summed E-state index contributed by atoms with van der Waals surface area (Å²) in [6.07, 6.45) is 1.73. The van der Waals surface area contributed by atoms with Crippen molar-refractivity contribution in [3.05, 3.63) is 52.8 Å². The third-order valence-electron chi connectivity index (χ3n) is 4.05. The summed E-state index contributed by atoms with van der Waals surface area (Å²) in [6, 6.07) is 8.59. The number of hydrogen-bond donors (Lipinski definition) is 1. The predicted molar refractivity (Wildman–Crippen MR) is 97.0 cm³/mol. The van der Waals surface area contributed by atoms with E-state index in [1.807, 2.05) is 13.0 Å². The number of unbranched alkanes of at least 4 members (excludes halogenated alkanes) is 1. The van der Waals surface area contributed by atoms with Gasteiger partial charge >= 0.3 is 5.97 Å². The van der Waals surface area contributed by atoms with Crippen molar-refractivity contribution in [3.8, 4) is 11.5 Å². The van der Waals surface area contributed by atoms with E-state index in [1.165, 1.54) is 6.92 Å². The van der Waals surface area contributed by atoms with Crippen LogP contribution >= 0.6 is 0 Å². The van der Waals surface area contributed by atoms with Gasteiger partial charge in [-0.2, -0.15) is 0 Å². The summed E-state index contributed by atoms with van der Waals surface area (Å²) in [7, 11) is 1.63. The maximum atomic E-state index is 14.6. The first-order valence-electron chi connectivity index (χ1n) is 8.33. The van der Waals surface area contributed by atoms with Gasteiger partial charge in [0.2, 0.25) is 0 Å². The van der Waals surface area contributed by atoms with E-state index in [9.17, 15) is 14.3 Å². The van der Waals surface area contributed by atoms with Gasteiger partial charge in [0.1, 0.15) is 30.7 Å². The van der Waals surface area contributed by atoms with Crippen LogP contribution in [0.5, 0.6) is 11.5 Å². The molecular weight excluding hydrogens is 322 g/mol. The lowest BCUT2D eigenvalue weighted by molar-refractivity contribution is 0.0728. The minimum absolute atomic E-state index is 0.0622. The second-order valence-electron chi connectivity index (χ2n) is 5.81. The lowest BCUT2D eigenvalue weighted by Crippen LogP contribution is -2.25. The highest BCUT2D eigenvalue weighted by Gasteiger charge is 2.26. The number of aliphatic hydroxyl groups is 1. The Morgan fingerprint density at radius 2 is 1.96 bits per heavy atom. The molecule has 4 nitrogen and oxygen atoms in total. The Balaban J connectivity index is 2.48. The van der Waals surface area contributed by atoms with E-state index in [4.69, 9.17) is 9.47 Å². The van der Waals surface area contributed by atoms with Crippen molar-refractivity contribution in [3.63, 3.8) is 0 Å². The number of carbonyl (C=O) groups excluding carboxylic acids is 1. The van der Waals surface area contributed by atoms with Gasteiger partial charge in [0.05, 0.1) is 13.2 Å². The second-order valence-corrected chi connectivity index (χ2v) is 5.81. The first kappa shape index (κ1) is 19.0. The fraction of sp³-hybridized carbons (Fsp3) is 0.316. The Labute approximate surface area is 148 Å². The minimum atomic E-state index is -0.679. The zero-order chi connectivity index (χ0) is 18.4. The van der Waals surface area contributed by atoms with Crippen molar-refractivity contribution in [2.24, 2.45) is 0 Å². The number of benzene rings is 2. The predicted octanol–water partition coefficient (Wildman–Crippen LogP) is 2.28. The van der Waals surface area contributed by atoms with Crippen molar-refractivity contribution in [1.29, 1.82) is 0 Å². The van der Waals surface area contributed by atoms with E-state index in [1.54, 1.807) is 32.1 Å². The number of para-hydroxylation sites is 1. The van der Waals surface area contributed by atoms with Crippen molar-refractivity contribution < 1.29 is 23.8 Å². The smallest absolute Gasteiger partial charge is 0.347 e. The average molecular weight is 344 g/mol. The van der Waals surface area contributed by atoms with Crippen LogP contribution in [0.25, 0.3) is 0 Å². The molecule has 0 unspecified atom stereocenters. The maximum absolute atomic E-state index is 14.6. The topological polar surface area (TPSA) is 55.8 Å². The van der Waals surface area contributed by atoms with Gasteiger partial charge in [0.25, 0.3) is 0 Å². The second kappa shape index (κ2) is 8.67. The molecule has 6 heteroatoms. The Bertz CT molecular complexity index is 747. The zero-order valence-electron chi connectivity index (χ0n) is 14.8. The molecule has 2 rings (SSSR count). The van der Waals surface area contributed by atoms with E-state index in [-0.39, 0.29) is 22.4 Å². The molecule has 0 heterocycles. The molecule has 2 aromatic rings. The van der Waals surface area contributed by atoms with E-state index in [0.29, 0.717) is 17.8 Å². The summed E-state index contributed by atoms with van der Waals surface area (Å²) in [5.41, 5.74) is 0.733. The summed E-state index contributed by atoms with van der Waals surface area (Å²) < 4.78 is 25.7. The summed E-state index contributed by atoms with van der Waals surface area (Å²) in [5, 5.41) is 9.47. The highest BCUT2D eigenvalue weighted by Crippen LogP contribution is 2.27. The lowest BCUT2D eigenvalue weighted by Gasteiger charge is -2.19. The zero-order valence-corrected chi connectivity index (χ0v) is 14.8. The average Bonchev–Trinajstić information content (AvgIpc) is 2.61. The first-order chi connectivity index (χ1) is 12.0. The van der Waals surface area contributed by atoms with Crippen molar-refractivity contribution in [1.82, 2.24) is 0 Å². The number of esters is 1. The summed E-state index contributed by atoms with van der Waals surface area (Å²) >= 11 is 0. The maximum Gasteiger partial charge on any atom is 0.347 e. The van der Waals surface area contributed by atoms with Crippen LogP contribution in [0.4, 0.5) is 4.39 Å².